The fraction of sp³-hybridized carbons (Fsp3) is 0.571. The summed E-state index contributed by atoms with van der Waals surface area (Å²) in [5.41, 5.74) is 1.22. The van der Waals surface area contributed by atoms with Gasteiger partial charge in [0.2, 0.25) is 0 Å². The highest BCUT2D eigenvalue weighted by molar-refractivity contribution is 5.50. The minimum Gasteiger partial charge on any atom is -0.493 e. The van der Waals surface area contributed by atoms with Crippen molar-refractivity contribution in [2.75, 3.05) is 20.3 Å². The van der Waals surface area contributed by atoms with Gasteiger partial charge >= 0.3 is 0 Å². The van der Waals surface area contributed by atoms with Crippen LogP contribution in [-0.4, -0.2) is 20.3 Å². The summed E-state index contributed by atoms with van der Waals surface area (Å²) in [5.74, 6) is 1.70. The van der Waals surface area contributed by atoms with E-state index in [0.29, 0.717) is 6.61 Å². The molecule has 1 aromatic carbocycles. The van der Waals surface area contributed by atoms with Crippen molar-refractivity contribution in [2.45, 2.75) is 32.2 Å². The molecule has 94 valence electrons. The molecule has 0 aliphatic carbocycles. The van der Waals surface area contributed by atoms with Crippen molar-refractivity contribution in [1.82, 2.24) is 5.32 Å². The highest BCUT2D eigenvalue weighted by atomic mass is 16.5. The third-order valence-electron chi connectivity index (χ3n) is 3.45. The second-order valence-corrected chi connectivity index (χ2v) is 4.63. The zero-order valence-electron chi connectivity index (χ0n) is 10.9. The molecule has 17 heavy (non-hydrogen) atoms. The highest BCUT2D eigenvalue weighted by Gasteiger charge is 2.33. The molecule has 1 unspecified atom stereocenters. The third kappa shape index (κ3) is 2.25. The summed E-state index contributed by atoms with van der Waals surface area (Å²) in [7, 11) is 1.69. The molecule has 1 N–H and O–H groups in total. The molecule has 0 amide bonds. The largest absolute Gasteiger partial charge is 0.493 e. The number of ether oxygens (including phenoxy) is 2. The van der Waals surface area contributed by atoms with Gasteiger partial charge in [-0.3, -0.25) is 0 Å². The van der Waals surface area contributed by atoms with E-state index in [1.165, 1.54) is 12.0 Å². The predicted octanol–water partition coefficient (Wildman–Crippen LogP) is 2.69. The van der Waals surface area contributed by atoms with Gasteiger partial charge in [-0.1, -0.05) is 12.1 Å². The number of hydrogen-bond donors (Lipinski definition) is 1. The molecular weight excluding hydrogens is 214 g/mol. The molecule has 0 radical (unpaired) electrons. The molecule has 1 saturated heterocycles. The first-order chi connectivity index (χ1) is 8.21. The first-order valence-corrected chi connectivity index (χ1v) is 6.26. The Balaban J connectivity index is 2.44. The van der Waals surface area contributed by atoms with Crippen LogP contribution in [0, 0.1) is 0 Å². The Labute approximate surface area is 103 Å². The van der Waals surface area contributed by atoms with Gasteiger partial charge < -0.3 is 14.8 Å². The summed E-state index contributed by atoms with van der Waals surface area (Å²) in [6, 6.07) is 6.11. The summed E-state index contributed by atoms with van der Waals surface area (Å²) >= 11 is 0. The maximum absolute atomic E-state index is 5.77. The van der Waals surface area contributed by atoms with Gasteiger partial charge in [0.15, 0.2) is 11.5 Å². The van der Waals surface area contributed by atoms with Gasteiger partial charge in [0, 0.05) is 11.1 Å². The van der Waals surface area contributed by atoms with E-state index in [0.717, 1.165) is 24.5 Å². The lowest BCUT2D eigenvalue weighted by molar-refractivity contribution is 0.294. The van der Waals surface area contributed by atoms with Gasteiger partial charge in [-0.2, -0.15) is 0 Å². The van der Waals surface area contributed by atoms with Crippen molar-refractivity contribution in [1.29, 1.82) is 0 Å². The smallest absolute Gasteiger partial charge is 0.166 e. The Morgan fingerprint density at radius 1 is 1.41 bits per heavy atom. The van der Waals surface area contributed by atoms with Crippen LogP contribution < -0.4 is 14.8 Å². The van der Waals surface area contributed by atoms with Gasteiger partial charge in [0.05, 0.1) is 13.7 Å². The van der Waals surface area contributed by atoms with E-state index in [1.807, 2.05) is 19.1 Å². The Hall–Kier alpha value is -1.22. The van der Waals surface area contributed by atoms with E-state index >= 15 is 0 Å². The van der Waals surface area contributed by atoms with Crippen molar-refractivity contribution in [3.63, 3.8) is 0 Å². The average Bonchev–Trinajstić information content (AvgIpc) is 2.78. The molecule has 0 saturated carbocycles. The minimum absolute atomic E-state index is 0.0129. The van der Waals surface area contributed by atoms with Crippen molar-refractivity contribution < 1.29 is 9.47 Å². The Bertz CT molecular complexity index is 384. The third-order valence-corrected chi connectivity index (χ3v) is 3.45. The molecule has 1 heterocycles. The maximum Gasteiger partial charge on any atom is 0.166 e. The van der Waals surface area contributed by atoms with Crippen molar-refractivity contribution in [2.24, 2.45) is 0 Å². The minimum atomic E-state index is 0.0129. The summed E-state index contributed by atoms with van der Waals surface area (Å²) in [4.78, 5) is 0. The van der Waals surface area contributed by atoms with E-state index in [1.54, 1.807) is 7.11 Å². The lowest BCUT2D eigenvalue weighted by Gasteiger charge is -2.28. The van der Waals surface area contributed by atoms with Crippen molar-refractivity contribution in [3.05, 3.63) is 23.8 Å². The number of methoxy groups -OCH3 is 1. The molecule has 1 aliphatic heterocycles. The van der Waals surface area contributed by atoms with Crippen LogP contribution in [0.15, 0.2) is 18.2 Å². The fourth-order valence-corrected chi connectivity index (χ4v) is 2.53. The summed E-state index contributed by atoms with van der Waals surface area (Å²) in [6.45, 7) is 5.96. The van der Waals surface area contributed by atoms with Crippen molar-refractivity contribution in [3.8, 4) is 11.5 Å². The molecule has 0 bridgehead atoms. The number of para-hydroxylation sites is 1. The van der Waals surface area contributed by atoms with Crippen LogP contribution in [0.4, 0.5) is 0 Å². The van der Waals surface area contributed by atoms with Crippen LogP contribution in [0.3, 0.4) is 0 Å². The predicted molar refractivity (Wildman–Crippen MR) is 68.8 cm³/mol. The lowest BCUT2D eigenvalue weighted by atomic mass is 9.89. The zero-order chi connectivity index (χ0) is 12.3. The number of hydrogen-bond acceptors (Lipinski definition) is 3. The van der Waals surface area contributed by atoms with Crippen LogP contribution in [0.2, 0.25) is 0 Å². The highest BCUT2D eigenvalue weighted by Crippen LogP contribution is 2.41. The van der Waals surface area contributed by atoms with E-state index in [4.69, 9.17) is 9.47 Å². The number of nitrogens with one attached hydrogen (secondary N) is 1. The van der Waals surface area contributed by atoms with Crippen LogP contribution >= 0.6 is 0 Å². The molecule has 1 aliphatic rings. The molecular formula is C14H21NO2. The van der Waals surface area contributed by atoms with Gasteiger partial charge in [-0.25, -0.2) is 0 Å². The SMILES string of the molecule is CCOc1c(OC)cccc1C1(C)CCCN1. The second kappa shape index (κ2) is 4.96. The van der Waals surface area contributed by atoms with Crippen molar-refractivity contribution >= 4 is 0 Å². The Morgan fingerprint density at radius 3 is 2.82 bits per heavy atom. The molecule has 1 atom stereocenters. The molecule has 0 spiro atoms. The van der Waals surface area contributed by atoms with E-state index in [-0.39, 0.29) is 5.54 Å². The molecule has 1 fully saturated rings. The molecule has 2 rings (SSSR count). The number of benzene rings is 1. The summed E-state index contributed by atoms with van der Waals surface area (Å²) < 4.78 is 11.2. The van der Waals surface area contributed by atoms with Gasteiger partial charge in [0.1, 0.15) is 0 Å². The second-order valence-electron chi connectivity index (χ2n) is 4.63. The number of rotatable bonds is 4. The first kappa shape index (κ1) is 12.2. The fourth-order valence-electron chi connectivity index (χ4n) is 2.53. The van der Waals surface area contributed by atoms with Crippen LogP contribution in [-0.2, 0) is 5.54 Å². The Morgan fingerprint density at radius 2 is 2.24 bits per heavy atom. The molecule has 1 aromatic rings. The Kier molecular flexibility index (Phi) is 3.57. The van der Waals surface area contributed by atoms with Gasteiger partial charge in [-0.05, 0) is 39.3 Å². The first-order valence-electron chi connectivity index (χ1n) is 6.26. The summed E-state index contributed by atoms with van der Waals surface area (Å²) in [5, 5.41) is 3.56. The lowest BCUT2D eigenvalue weighted by Crippen LogP contribution is -2.33. The van der Waals surface area contributed by atoms with Gasteiger partial charge in [-0.15, -0.1) is 0 Å². The van der Waals surface area contributed by atoms with Gasteiger partial charge in [0.25, 0.3) is 0 Å². The standard InChI is InChI=1S/C14H21NO2/c1-4-17-13-11(7-5-8-12(13)16-3)14(2)9-6-10-15-14/h5,7-8,15H,4,6,9-10H2,1-3H3. The maximum atomic E-state index is 5.77. The topological polar surface area (TPSA) is 30.5 Å². The molecule has 3 heteroatoms. The monoisotopic (exact) mass is 235 g/mol. The average molecular weight is 235 g/mol. The van der Waals surface area contributed by atoms with E-state index in [9.17, 15) is 0 Å². The summed E-state index contributed by atoms with van der Waals surface area (Å²) in [6.07, 6.45) is 2.35. The quantitative estimate of drug-likeness (QED) is 0.870. The van der Waals surface area contributed by atoms with E-state index in [2.05, 4.69) is 18.3 Å². The molecule has 0 aromatic heterocycles. The van der Waals surface area contributed by atoms with E-state index < -0.39 is 0 Å². The molecule has 3 nitrogen and oxygen atoms in total. The zero-order valence-corrected chi connectivity index (χ0v) is 10.9. The normalized spacial score (nSPS) is 23.7. The van der Waals surface area contributed by atoms with Crippen LogP contribution in [0.25, 0.3) is 0 Å². The van der Waals surface area contributed by atoms with Crippen LogP contribution in [0.5, 0.6) is 11.5 Å². The van der Waals surface area contributed by atoms with Crippen LogP contribution in [0.1, 0.15) is 32.3 Å².